The number of Topliss-reactive ketones (excluding diaryl/α,β-unsaturated/α-hetero) is 1. The summed E-state index contributed by atoms with van der Waals surface area (Å²) in [5.41, 5.74) is 1.28. The number of hydrogen-bond acceptors (Lipinski definition) is 5. The first-order valence-electron chi connectivity index (χ1n) is 11.9. The molecule has 0 amide bonds. The van der Waals surface area contributed by atoms with Crippen LogP contribution in [-0.2, 0) is 6.42 Å². The Balaban J connectivity index is 2.03. The summed E-state index contributed by atoms with van der Waals surface area (Å²) in [4.78, 5) is 23.8. The molecule has 6 nitrogen and oxygen atoms in total. The number of ether oxygens (including phenoxy) is 1. The molecule has 0 bridgehead atoms. The van der Waals surface area contributed by atoms with Gasteiger partial charge < -0.3 is 9.84 Å². The van der Waals surface area contributed by atoms with Crippen molar-refractivity contribution in [3.8, 4) is 5.75 Å². The smallest absolute Gasteiger partial charge is 0.166 e. The summed E-state index contributed by atoms with van der Waals surface area (Å²) >= 11 is 0. The molecular formula is C21H26N2O4. The quantitative estimate of drug-likeness (QED) is 0.347. The number of nitrogens with zero attached hydrogens (tertiary/aromatic N) is 2. The third-order valence-corrected chi connectivity index (χ3v) is 3.77. The first-order valence-corrected chi connectivity index (χ1v) is 8.39. The first-order chi connectivity index (χ1) is 15.8. The van der Waals surface area contributed by atoms with Gasteiger partial charge in [0.15, 0.2) is 5.78 Å². The van der Waals surface area contributed by atoms with Crippen LogP contribution in [0.5, 0.6) is 5.75 Å². The van der Waals surface area contributed by atoms with Crippen molar-refractivity contribution in [1.29, 1.82) is 0 Å². The van der Waals surface area contributed by atoms with Crippen LogP contribution in [-0.4, -0.2) is 41.7 Å². The molecule has 0 aliphatic rings. The van der Waals surface area contributed by atoms with E-state index in [4.69, 9.17) is 14.3 Å². The zero-order valence-corrected chi connectivity index (χ0v) is 14.7. The van der Waals surface area contributed by atoms with Gasteiger partial charge >= 0.3 is 0 Å². The van der Waals surface area contributed by atoms with Crippen molar-refractivity contribution in [3.05, 3.63) is 70.6 Å². The maximum atomic E-state index is 12.7. The minimum atomic E-state index is -3.45. The predicted molar refractivity (Wildman–Crippen MR) is 105 cm³/mol. The molecule has 27 heavy (non-hydrogen) atoms. The molecular weight excluding hydrogens is 344 g/mol. The highest BCUT2D eigenvalue weighted by atomic mass is 16.5. The largest absolute Gasteiger partial charge is 0.490 e. The van der Waals surface area contributed by atoms with E-state index in [0.29, 0.717) is 6.42 Å². The predicted octanol–water partition coefficient (Wildman–Crippen LogP) is 3.64. The number of hydrogen-bond donors (Lipinski definition) is 1. The molecule has 2 rings (SSSR count). The zero-order chi connectivity index (χ0) is 25.6. The van der Waals surface area contributed by atoms with Crippen molar-refractivity contribution in [1.82, 2.24) is 5.01 Å². The normalized spacial score (nSPS) is 17.0. The van der Waals surface area contributed by atoms with Crippen LogP contribution in [0.25, 0.3) is 0 Å². The number of carbonyl (C=O) groups is 1. The van der Waals surface area contributed by atoms with Gasteiger partial charge in [0.2, 0.25) is 0 Å². The standard InChI is InChI=1S/C21H26N2O4/c1-2-14-23(22-26)15-18(24)16-27-21-11-7-6-10-19(21)20(25)13-12-17-8-4-3-5-9-17/h3-11,18,24H,2,12-16H2,1H3/i1D3,2D2,14D2. The van der Waals surface area contributed by atoms with E-state index in [1.165, 1.54) is 6.07 Å². The molecule has 0 radical (unpaired) electrons. The van der Waals surface area contributed by atoms with Gasteiger partial charge in [-0.2, -0.15) is 0 Å². The molecule has 2 aromatic rings. The van der Waals surface area contributed by atoms with Gasteiger partial charge in [0.1, 0.15) is 18.5 Å². The summed E-state index contributed by atoms with van der Waals surface area (Å²) in [6.45, 7) is -8.05. The monoisotopic (exact) mass is 377 g/mol. The van der Waals surface area contributed by atoms with Gasteiger partial charge in [0, 0.05) is 19.8 Å². The summed E-state index contributed by atoms with van der Waals surface area (Å²) in [5, 5.41) is 12.6. The van der Waals surface area contributed by atoms with E-state index in [2.05, 4.69) is 5.29 Å². The van der Waals surface area contributed by atoms with Crippen LogP contribution in [0.2, 0.25) is 0 Å². The number of aliphatic hydroxyl groups excluding tert-OH is 1. The van der Waals surface area contributed by atoms with E-state index >= 15 is 0 Å². The molecule has 2 aromatic carbocycles. The van der Waals surface area contributed by atoms with E-state index < -0.39 is 39.0 Å². The van der Waals surface area contributed by atoms with Crippen LogP contribution in [0, 0.1) is 4.91 Å². The SMILES string of the molecule is [2H]C([2H])([2H])C([2H])([2H])C([2H])([2H])N(CC(O)COc1ccccc1C(=O)CCc1ccccc1)N=O. The zero-order valence-electron chi connectivity index (χ0n) is 21.7. The van der Waals surface area contributed by atoms with E-state index in [1.807, 2.05) is 30.3 Å². The Hall–Kier alpha value is -2.73. The number of ketones is 1. The molecule has 0 saturated carbocycles. The van der Waals surface area contributed by atoms with Crippen LogP contribution < -0.4 is 4.74 Å². The number of aliphatic hydroxyl groups is 1. The van der Waals surface area contributed by atoms with Crippen molar-refractivity contribution >= 4 is 5.78 Å². The molecule has 0 aliphatic carbocycles. The number of rotatable bonds is 12. The van der Waals surface area contributed by atoms with Gasteiger partial charge in [-0.05, 0) is 30.5 Å². The second kappa shape index (κ2) is 11.1. The van der Waals surface area contributed by atoms with Crippen molar-refractivity contribution in [2.45, 2.75) is 32.2 Å². The third kappa shape index (κ3) is 6.83. The first kappa shape index (κ1) is 12.6. The van der Waals surface area contributed by atoms with Gasteiger partial charge in [-0.25, -0.2) is 0 Å². The molecule has 1 atom stereocenters. The lowest BCUT2D eigenvalue weighted by atomic mass is 10.0. The summed E-state index contributed by atoms with van der Waals surface area (Å²) in [7, 11) is 0. The van der Waals surface area contributed by atoms with Crippen molar-refractivity contribution in [2.24, 2.45) is 5.29 Å². The number of para-hydroxylation sites is 1. The summed E-state index contributed by atoms with van der Waals surface area (Å²) < 4.78 is 58.0. The van der Waals surface area contributed by atoms with Crippen LogP contribution in [0.1, 0.15) is 45.2 Å². The highest BCUT2D eigenvalue weighted by molar-refractivity contribution is 5.98. The Bertz CT molecular complexity index is 971. The van der Waals surface area contributed by atoms with Gasteiger partial charge in [-0.15, -0.1) is 4.91 Å². The van der Waals surface area contributed by atoms with Crippen molar-refractivity contribution in [3.63, 3.8) is 0 Å². The van der Waals surface area contributed by atoms with Crippen LogP contribution in [0.15, 0.2) is 59.9 Å². The molecule has 0 fully saturated rings. The van der Waals surface area contributed by atoms with Crippen LogP contribution >= 0.6 is 0 Å². The third-order valence-electron chi connectivity index (χ3n) is 3.77. The Morgan fingerprint density at radius 3 is 2.74 bits per heavy atom. The van der Waals surface area contributed by atoms with Gasteiger partial charge in [-0.3, -0.25) is 9.80 Å². The fourth-order valence-electron chi connectivity index (χ4n) is 2.46. The minimum Gasteiger partial charge on any atom is -0.490 e. The molecule has 6 heteroatoms. The molecule has 0 aromatic heterocycles. The maximum absolute atomic E-state index is 12.7. The molecule has 0 spiro atoms. The van der Waals surface area contributed by atoms with Crippen LogP contribution in [0.3, 0.4) is 0 Å². The Morgan fingerprint density at radius 1 is 1.26 bits per heavy atom. The summed E-state index contributed by atoms with van der Waals surface area (Å²) in [5.74, 6) is -0.0154. The molecule has 0 saturated heterocycles. The maximum Gasteiger partial charge on any atom is 0.166 e. The van der Waals surface area contributed by atoms with Crippen molar-refractivity contribution in [2.75, 3.05) is 19.6 Å². The molecule has 0 aliphatic heterocycles. The number of nitroso groups, excluding NO2 is 1. The molecule has 1 N–H and O–H groups in total. The fourth-order valence-corrected chi connectivity index (χ4v) is 2.46. The number of benzene rings is 2. The highest BCUT2D eigenvalue weighted by Gasteiger charge is 2.15. The minimum absolute atomic E-state index is 0.00428. The highest BCUT2D eigenvalue weighted by Crippen LogP contribution is 2.21. The van der Waals surface area contributed by atoms with E-state index in [-0.39, 0.29) is 28.5 Å². The second-order valence-electron chi connectivity index (χ2n) is 5.77. The topological polar surface area (TPSA) is 79.2 Å². The lowest BCUT2D eigenvalue weighted by Gasteiger charge is -2.19. The van der Waals surface area contributed by atoms with E-state index in [1.54, 1.807) is 18.2 Å². The Labute approximate surface area is 169 Å². The summed E-state index contributed by atoms with van der Waals surface area (Å²) in [6.07, 6.45) is -4.25. The van der Waals surface area contributed by atoms with E-state index in [9.17, 15) is 14.8 Å². The molecule has 144 valence electrons. The summed E-state index contributed by atoms with van der Waals surface area (Å²) in [6, 6.07) is 15.8. The average molecular weight is 377 g/mol. The molecule has 1 unspecified atom stereocenters. The Morgan fingerprint density at radius 2 is 2.00 bits per heavy atom. The second-order valence-corrected chi connectivity index (χ2v) is 5.77. The van der Waals surface area contributed by atoms with Gasteiger partial charge in [0.05, 0.1) is 20.1 Å². The van der Waals surface area contributed by atoms with E-state index in [0.717, 1.165) is 5.56 Å². The average Bonchev–Trinajstić information content (AvgIpc) is 2.79. The fraction of sp³-hybridized carbons (Fsp3) is 0.381. The van der Waals surface area contributed by atoms with Gasteiger partial charge in [0.25, 0.3) is 0 Å². The van der Waals surface area contributed by atoms with Gasteiger partial charge in [-0.1, -0.05) is 49.3 Å². The number of aryl methyl sites for hydroxylation is 1. The Kier molecular flexibility index (Phi) is 5.18. The lowest BCUT2D eigenvalue weighted by molar-refractivity contribution is 0.0677. The van der Waals surface area contributed by atoms with Crippen molar-refractivity contribution < 1.29 is 24.2 Å². The molecule has 0 heterocycles. The van der Waals surface area contributed by atoms with Crippen LogP contribution in [0.4, 0.5) is 0 Å². The lowest BCUT2D eigenvalue weighted by Crippen LogP contribution is -2.32. The number of carbonyl (C=O) groups excluding carboxylic acids is 1.